The van der Waals surface area contributed by atoms with E-state index in [0.717, 1.165) is 30.4 Å². The van der Waals surface area contributed by atoms with Gasteiger partial charge in [0.15, 0.2) is 0 Å². The Labute approximate surface area is 199 Å². The second kappa shape index (κ2) is 9.12. The van der Waals surface area contributed by atoms with Gasteiger partial charge in [-0.15, -0.1) is 0 Å². The van der Waals surface area contributed by atoms with E-state index >= 15 is 0 Å². The van der Waals surface area contributed by atoms with Crippen LogP contribution < -0.4 is 5.32 Å². The Morgan fingerprint density at radius 3 is 2.24 bits per heavy atom. The molecule has 2 amide bonds. The van der Waals surface area contributed by atoms with Gasteiger partial charge in [-0.1, -0.05) is 48.5 Å². The summed E-state index contributed by atoms with van der Waals surface area (Å²) in [7, 11) is 0. The van der Waals surface area contributed by atoms with Gasteiger partial charge in [0.1, 0.15) is 12.1 Å². The lowest BCUT2D eigenvalue weighted by Crippen LogP contribution is -2.64. The number of carbonyl (C=O) groups excluding carboxylic acids is 2. The standard InChI is InChI=1S/C27H30N2O5/c30-24(31)15-18-7-5-14-29(16-18)25(32)27(12-6-13-27)28-26(33)34-17-23-21-10-3-1-8-19(21)20-9-2-4-11-22(20)23/h1-4,8-11,18,23H,5-7,12-17H2,(H,28,33)(H,30,31). The Balaban J connectivity index is 1.24. The number of aliphatic carboxylic acids is 1. The van der Waals surface area contributed by atoms with Gasteiger partial charge < -0.3 is 20.1 Å². The van der Waals surface area contributed by atoms with E-state index < -0.39 is 17.6 Å². The number of alkyl carbamates (subject to hydrolysis) is 1. The lowest BCUT2D eigenvalue weighted by molar-refractivity contribution is -0.146. The van der Waals surface area contributed by atoms with Crippen molar-refractivity contribution in [1.82, 2.24) is 10.2 Å². The first kappa shape index (κ1) is 22.4. The second-order valence-electron chi connectivity index (χ2n) is 9.74. The summed E-state index contributed by atoms with van der Waals surface area (Å²) in [4.78, 5) is 39.1. The van der Waals surface area contributed by atoms with Gasteiger partial charge in [-0.05, 0) is 60.3 Å². The zero-order chi connectivity index (χ0) is 23.7. The third-order valence-corrected chi connectivity index (χ3v) is 7.57. The van der Waals surface area contributed by atoms with E-state index in [-0.39, 0.29) is 30.8 Å². The minimum atomic E-state index is -0.937. The molecule has 7 nitrogen and oxygen atoms in total. The lowest BCUT2D eigenvalue weighted by Gasteiger charge is -2.45. The largest absolute Gasteiger partial charge is 0.481 e. The maximum Gasteiger partial charge on any atom is 0.408 e. The van der Waals surface area contributed by atoms with E-state index in [1.54, 1.807) is 4.90 Å². The second-order valence-corrected chi connectivity index (χ2v) is 9.74. The summed E-state index contributed by atoms with van der Waals surface area (Å²) in [6.45, 7) is 1.23. The maximum absolute atomic E-state index is 13.4. The number of nitrogens with zero attached hydrogens (tertiary/aromatic N) is 1. The van der Waals surface area contributed by atoms with E-state index in [9.17, 15) is 14.4 Å². The van der Waals surface area contributed by atoms with E-state index in [2.05, 4.69) is 29.6 Å². The minimum Gasteiger partial charge on any atom is -0.481 e. The molecule has 1 saturated heterocycles. The topological polar surface area (TPSA) is 95.9 Å². The Morgan fingerprint density at radius 1 is 1.00 bits per heavy atom. The van der Waals surface area contributed by atoms with Gasteiger partial charge >= 0.3 is 12.1 Å². The van der Waals surface area contributed by atoms with Crippen molar-refractivity contribution >= 4 is 18.0 Å². The molecule has 178 valence electrons. The van der Waals surface area contributed by atoms with Crippen molar-refractivity contribution in [2.75, 3.05) is 19.7 Å². The highest BCUT2D eigenvalue weighted by Gasteiger charge is 2.48. The average Bonchev–Trinajstić information content (AvgIpc) is 3.13. The molecule has 2 aliphatic carbocycles. The van der Waals surface area contributed by atoms with Crippen molar-refractivity contribution in [2.24, 2.45) is 5.92 Å². The van der Waals surface area contributed by atoms with Gasteiger partial charge in [-0.2, -0.15) is 0 Å². The summed E-state index contributed by atoms with van der Waals surface area (Å²) in [5, 5.41) is 12.0. The number of carboxylic acids is 1. The van der Waals surface area contributed by atoms with Crippen LogP contribution >= 0.6 is 0 Å². The van der Waals surface area contributed by atoms with Gasteiger partial charge in [0.05, 0.1) is 0 Å². The molecule has 5 rings (SSSR count). The molecule has 0 aromatic heterocycles. The monoisotopic (exact) mass is 462 g/mol. The Bertz CT molecular complexity index is 1060. The number of likely N-dealkylation sites (tertiary alicyclic amines) is 1. The van der Waals surface area contributed by atoms with Gasteiger partial charge in [0.25, 0.3) is 0 Å². The van der Waals surface area contributed by atoms with Crippen LogP contribution in [0.25, 0.3) is 11.1 Å². The van der Waals surface area contributed by atoms with Crippen LogP contribution in [-0.4, -0.2) is 53.2 Å². The smallest absolute Gasteiger partial charge is 0.408 e. The first-order valence-electron chi connectivity index (χ1n) is 12.1. The van der Waals surface area contributed by atoms with E-state index in [1.165, 1.54) is 11.1 Å². The molecule has 34 heavy (non-hydrogen) atoms. The molecular weight excluding hydrogens is 432 g/mol. The van der Waals surface area contributed by atoms with Crippen molar-refractivity contribution in [3.8, 4) is 11.1 Å². The van der Waals surface area contributed by atoms with Gasteiger partial charge in [0, 0.05) is 25.4 Å². The fourth-order valence-electron chi connectivity index (χ4n) is 5.72. The zero-order valence-corrected chi connectivity index (χ0v) is 19.2. The SMILES string of the molecule is O=C(O)CC1CCCN(C(=O)C2(NC(=O)OCC3c4ccccc4-c4ccccc43)CCC2)C1. The average molecular weight is 463 g/mol. The van der Waals surface area contributed by atoms with E-state index in [0.29, 0.717) is 25.9 Å². The number of carbonyl (C=O) groups is 3. The van der Waals surface area contributed by atoms with E-state index in [4.69, 9.17) is 9.84 Å². The van der Waals surface area contributed by atoms with Crippen molar-refractivity contribution in [1.29, 1.82) is 0 Å². The van der Waals surface area contributed by atoms with Crippen LogP contribution in [0.15, 0.2) is 48.5 Å². The molecule has 0 radical (unpaired) electrons. The third kappa shape index (κ3) is 4.15. The molecule has 0 bridgehead atoms. The molecule has 7 heteroatoms. The third-order valence-electron chi connectivity index (χ3n) is 7.57. The first-order valence-corrected chi connectivity index (χ1v) is 12.1. The van der Waals surface area contributed by atoms with Crippen LogP contribution in [0.3, 0.4) is 0 Å². The highest BCUT2D eigenvalue weighted by atomic mass is 16.5. The van der Waals surface area contributed by atoms with Crippen LogP contribution in [-0.2, 0) is 14.3 Å². The number of nitrogens with one attached hydrogen (secondary N) is 1. The van der Waals surface area contributed by atoms with Crippen molar-refractivity contribution < 1.29 is 24.2 Å². The number of piperidine rings is 1. The highest BCUT2D eigenvalue weighted by Crippen LogP contribution is 2.44. The van der Waals surface area contributed by atoms with Crippen molar-refractivity contribution in [3.05, 3.63) is 59.7 Å². The summed E-state index contributed by atoms with van der Waals surface area (Å²) in [5.74, 6) is -1.02. The van der Waals surface area contributed by atoms with Crippen LogP contribution in [0.5, 0.6) is 0 Å². The zero-order valence-electron chi connectivity index (χ0n) is 19.2. The van der Waals surface area contributed by atoms with Crippen molar-refractivity contribution in [2.45, 2.75) is 50.0 Å². The summed E-state index contributed by atoms with van der Waals surface area (Å²) in [6, 6.07) is 16.3. The molecule has 0 spiro atoms. The number of rotatable bonds is 6. The molecule has 1 atom stereocenters. The molecule has 1 saturated carbocycles. The number of ether oxygens (including phenoxy) is 1. The number of benzene rings is 2. The Hall–Kier alpha value is -3.35. The van der Waals surface area contributed by atoms with Crippen LogP contribution in [0, 0.1) is 5.92 Å². The van der Waals surface area contributed by atoms with Crippen LogP contribution in [0.1, 0.15) is 55.6 Å². The number of amides is 2. The normalized spacial score (nSPS) is 20.6. The predicted octanol–water partition coefficient (Wildman–Crippen LogP) is 4.16. The molecule has 1 heterocycles. The molecular formula is C27H30N2O5. The highest BCUT2D eigenvalue weighted by molar-refractivity contribution is 5.91. The van der Waals surface area contributed by atoms with Gasteiger partial charge in [-0.3, -0.25) is 9.59 Å². The first-order chi connectivity index (χ1) is 16.5. The van der Waals surface area contributed by atoms with Crippen molar-refractivity contribution in [3.63, 3.8) is 0 Å². The quantitative estimate of drug-likeness (QED) is 0.672. The molecule has 1 aliphatic heterocycles. The minimum absolute atomic E-state index is 0.0370. The predicted molar refractivity (Wildman–Crippen MR) is 126 cm³/mol. The van der Waals surface area contributed by atoms with Crippen LogP contribution in [0.4, 0.5) is 4.79 Å². The molecule has 2 aromatic carbocycles. The van der Waals surface area contributed by atoms with Gasteiger partial charge in [0.2, 0.25) is 5.91 Å². The Morgan fingerprint density at radius 2 is 1.65 bits per heavy atom. The number of hydrogen-bond acceptors (Lipinski definition) is 4. The summed E-state index contributed by atoms with van der Waals surface area (Å²) in [5.41, 5.74) is 3.68. The molecule has 1 unspecified atom stereocenters. The number of fused-ring (bicyclic) bond motifs is 3. The molecule has 2 aromatic rings. The van der Waals surface area contributed by atoms with E-state index in [1.807, 2.05) is 24.3 Å². The fourth-order valence-corrected chi connectivity index (χ4v) is 5.72. The maximum atomic E-state index is 13.4. The molecule has 2 fully saturated rings. The number of carboxylic acid groups (broad SMARTS) is 1. The molecule has 3 aliphatic rings. The summed E-state index contributed by atoms with van der Waals surface area (Å²) >= 11 is 0. The molecule has 2 N–H and O–H groups in total. The summed E-state index contributed by atoms with van der Waals surface area (Å²) in [6.07, 6.45) is 3.10. The Kier molecular flexibility index (Phi) is 6.02. The van der Waals surface area contributed by atoms with Gasteiger partial charge in [-0.25, -0.2) is 4.79 Å². The van der Waals surface area contributed by atoms with Crippen LogP contribution in [0.2, 0.25) is 0 Å². The lowest BCUT2D eigenvalue weighted by atomic mass is 9.75. The number of hydrogen-bond donors (Lipinski definition) is 2. The fraction of sp³-hybridized carbons (Fsp3) is 0.444. The summed E-state index contributed by atoms with van der Waals surface area (Å²) < 4.78 is 5.68.